The summed E-state index contributed by atoms with van der Waals surface area (Å²) in [5.74, 6) is 0.0504. The molecule has 32 heavy (non-hydrogen) atoms. The Morgan fingerprint density at radius 3 is 2.28 bits per heavy atom. The molecule has 4 aromatic rings. The summed E-state index contributed by atoms with van der Waals surface area (Å²) < 4.78 is 0. The molecule has 3 nitrogen and oxygen atoms in total. The fraction of sp³-hybridized carbons (Fsp3) is 0.207. The number of carbonyl (C=O) groups excluding carboxylic acids is 1. The Kier molecular flexibility index (Phi) is 6.55. The molecule has 160 valence electrons. The SMILES string of the molecule is CCc1ccc(-c2cccc(C(C)C(=O)Cc3ccc(-c4ccnc(C)c4)cc3)c2)cn1. The smallest absolute Gasteiger partial charge is 0.144 e. The molecule has 1 atom stereocenters. The molecule has 2 heterocycles. The molecule has 3 heteroatoms. The van der Waals surface area contributed by atoms with Gasteiger partial charge in [-0.25, -0.2) is 0 Å². The van der Waals surface area contributed by atoms with Gasteiger partial charge in [-0.2, -0.15) is 0 Å². The summed E-state index contributed by atoms with van der Waals surface area (Å²) in [7, 11) is 0. The highest BCUT2D eigenvalue weighted by Gasteiger charge is 2.16. The van der Waals surface area contributed by atoms with E-state index in [1.54, 1.807) is 0 Å². The second-order valence-electron chi connectivity index (χ2n) is 8.26. The van der Waals surface area contributed by atoms with Crippen LogP contribution in [0.5, 0.6) is 0 Å². The molecule has 0 aliphatic carbocycles. The van der Waals surface area contributed by atoms with Crippen LogP contribution in [-0.2, 0) is 17.6 Å². The van der Waals surface area contributed by atoms with Gasteiger partial charge in [0.15, 0.2) is 0 Å². The number of hydrogen-bond acceptors (Lipinski definition) is 3. The fourth-order valence-electron chi connectivity index (χ4n) is 3.87. The molecule has 0 aliphatic heterocycles. The highest BCUT2D eigenvalue weighted by atomic mass is 16.1. The fourth-order valence-corrected chi connectivity index (χ4v) is 3.87. The highest BCUT2D eigenvalue weighted by molar-refractivity contribution is 5.87. The average molecular weight is 421 g/mol. The van der Waals surface area contributed by atoms with Gasteiger partial charge >= 0.3 is 0 Å². The molecule has 0 saturated heterocycles. The van der Waals surface area contributed by atoms with Crippen LogP contribution in [0.4, 0.5) is 0 Å². The van der Waals surface area contributed by atoms with E-state index in [-0.39, 0.29) is 11.7 Å². The number of nitrogens with zero attached hydrogens (tertiary/aromatic N) is 2. The largest absolute Gasteiger partial charge is 0.299 e. The molecule has 0 amide bonds. The highest BCUT2D eigenvalue weighted by Crippen LogP contribution is 2.26. The van der Waals surface area contributed by atoms with Gasteiger partial charge < -0.3 is 0 Å². The second-order valence-corrected chi connectivity index (χ2v) is 8.26. The van der Waals surface area contributed by atoms with Crippen LogP contribution in [0.2, 0.25) is 0 Å². The average Bonchev–Trinajstić information content (AvgIpc) is 2.84. The molecule has 4 rings (SSSR count). The van der Waals surface area contributed by atoms with E-state index in [9.17, 15) is 4.79 Å². The van der Waals surface area contributed by atoms with Crippen LogP contribution >= 0.6 is 0 Å². The maximum atomic E-state index is 13.0. The van der Waals surface area contributed by atoms with Crippen molar-refractivity contribution in [1.29, 1.82) is 0 Å². The number of Topliss-reactive ketones (excluding diaryl/α,β-unsaturated/α-hetero) is 1. The van der Waals surface area contributed by atoms with E-state index in [4.69, 9.17) is 0 Å². The predicted molar refractivity (Wildman–Crippen MR) is 131 cm³/mol. The van der Waals surface area contributed by atoms with Gasteiger partial charge in [-0.15, -0.1) is 0 Å². The van der Waals surface area contributed by atoms with E-state index >= 15 is 0 Å². The third-order valence-corrected chi connectivity index (χ3v) is 5.95. The second kappa shape index (κ2) is 9.69. The van der Waals surface area contributed by atoms with Crippen molar-refractivity contribution < 1.29 is 4.79 Å². The van der Waals surface area contributed by atoms with E-state index in [0.717, 1.165) is 51.2 Å². The van der Waals surface area contributed by atoms with Gasteiger partial charge in [0.2, 0.25) is 0 Å². The Morgan fingerprint density at radius 2 is 1.59 bits per heavy atom. The number of carbonyl (C=O) groups is 1. The van der Waals surface area contributed by atoms with Crippen LogP contribution in [0.1, 0.15) is 42.3 Å². The molecule has 0 aliphatic rings. The zero-order valence-corrected chi connectivity index (χ0v) is 18.9. The van der Waals surface area contributed by atoms with Crippen LogP contribution in [-0.4, -0.2) is 15.8 Å². The Labute approximate surface area is 190 Å². The quantitative estimate of drug-likeness (QED) is 0.338. The van der Waals surface area contributed by atoms with Crippen molar-refractivity contribution in [3.63, 3.8) is 0 Å². The third-order valence-electron chi connectivity index (χ3n) is 5.95. The zero-order chi connectivity index (χ0) is 22.5. The number of ketones is 1. The summed E-state index contributed by atoms with van der Waals surface area (Å²) in [4.78, 5) is 21.8. The Balaban J connectivity index is 1.46. The number of pyridine rings is 2. The summed E-state index contributed by atoms with van der Waals surface area (Å²) in [5, 5.41) is 0. The summed E-state index contributed by atoms with van der Waals surface area (Å²) in [6.07, 6.45) is 5.09. The standard InChI is InChI=1S/C29H28N2O/c1-4-28-13-12-27(19-31-28)25-7-5-6-24(18-25)21(3)29(32)17-22-8-10-23(11-9-22)26-14-15-30-20(2)16-26/h5-16,18-19,21H,4,17H2,1-3H3. The first-order valence-electron chi connectivity index (χ1n) is 11.1. The van der Waals surface area contributed by atoms with Crippen LogP contribution < -0.4 is 0 Å². The van der Waals surface area contributed by atoms with E-state index in [1.165, 1.54) is 0 Å². The molecule has 0 radical (unpaired) electrons. The number of benzene rings is 2. The summed E-state index contributed by atoms with van der Waals surface area (Å²) in [6.45, 7) is 6.08. The maximum absolute atomic E-state index is 13.0. The minimum Gasteiger partial charge on any atom is -0.299 e. The predicted octanol–water partition coefficient (Wildman–Crippen LogP) is 6.60. The first-order chi connectivity index (χ1) is 15.5. The van der Waals surface area contributed by atoms with Gasteiger partial charge in [0.25, 0.3) is 0 Å². The first-order valence-corrected chi connectivity index (χ1v) is 11.1. The molecule has 0 spiro atoms. The van der Waals surface area contributed by atoms with Gasteiger partial charge in [0, 0.05) is 41.7 Å². The molecular formula is C29H28N2O. The lowest BCUT2D eigenvalue weighted by molar-refractivity contribution is -0.119. The van der Waals surface area contributed by atoms with Crippen molar-refractivity contribution in [2.24, 2.45) is 0 Å². The monoisotopic (exact) mass is 420 g/mol. The van der Waals surface area contributed by atoms with Gasteiger partial charge in [0.05, 0.1) is 0 Å². The molecule has 0 saturated carbocycles. The van der Waals surface area contributed by atoms with Crippen LogP contribution in [0.15, 0.2) is 85.2 Å². The van der Waals surface area contributed by atoms with Crippen molar-refractivity contribution in [2.75, 3.05) is 0 Å². The maximum Gasteiger partial charge on any atom is 0.144 e. The third kappa shape index (κ3) is 5.00. The number of aryl methyl sites for hydroxylation is 2. The topological polar surface area (TPSA) is 42.9 Å². The Morgan fingerprint density at radius 1 is 0.844 bits per heavy atom. The lowest BCUT2D eigenvalue weighted by atomic mass is 9.90. The van der Waals surface area contributed by atoms with E-state index in [1.807, 2.05) is 56.6 Å². The molecule has 1 unspecified atom stereocenters. The minimum absolute atomic E-state index is 0.166. The van der Waals surface area contributed by atoms with Crippen molar-refractivity contribution in [2.45, 2.75) is 39.5 Å². The van der Waals surface area contributed by atoms with E-state index in [0.29, 0.717) is 6.42 Å². The molecular weight excluding hydrogens is 392 g/mol. The van der Waals surface area contributed by atoms with Crippen LogP contribution in [0.25, 0.3) is 22.3 Å². The minimum atomic E-state index is -0.166. The lowest BCUT2D eigenvalue weighted by Crippen LogP contribution is -2.12. The van der Waals surface area contributed by atoms with Crippen LogP contribution in [0.3, 0.4) is 0 Å². The molecule has 0 bridgehead atoms. The van der Waals surface area contributed by atoms with E-state index < -0.39 is 0 Å². The van der Waals surface area contributed by atoms with Gasteiger partial charge in [0.1, 0.15) is 5.78 Å². The summed E-state index contributed by atoms with van der Waals surface area (Å²) in [5.41, 5.74) is 8.59. The first kappa shape index (κ1) is 21.6. The number of hydrogen-bond donors (Lipinski definition) is 0. The van der Waals surface area contributed by atoms with E-state index in [2.05, 4.69) is 59.4 Å². The van der Waals surface area contributed by atoms with Gasteiger partial charge in [-0.05, 0) is 59.4 Å². The van der Waals surface area contributed by atoms with Crippen LogP contribution in [0, 0.1) is 6.92 Å². The summed E-state index contributed by atoms with van der Waals surface area (Å²) >= 11 is 0. The van der Waals surface area contributed by atoms with Crippen molar-refractivity contribution >= 4 is 5.78 Å². The number of rotatable bonds is 7. The molecule has 2 aromatic carbocycles. The Hall–Kier alpha value is -3.59. The van der Waals surface area contributed by atoms with Gasteiger partial charge in [-0.3, -0.25) is 14.8 Å². The molecule has 0 N–H and O–H groups in total. The Bertz CT molecular complexity index is 1210. The lowest BCUT2D eigenvalue weighted by Gasteiger charge is -2.13. The molecule has 2 aromatic heterocycles. The normalized spacial score (nSPS) is 11.8. The molecule has 0 fully saturated rings. The van der Waals surface area contributed by atoms with Crippen molar-refractivity contribution in [3.8, 4) is 22.3 Å². The van der Waals surface area contributed by atoms with Gasteiger partial charge in [-0.1, -0.05) is 68.4 Å². The summed E-state index contributed by atoms with van der Waals surface area (Å²) in [6, 6.07) is 24.7. The van der Waals surface area contributed by atoms with Crippen molar-refractivity contribution in [1.82, 2.24) is 9.97 Å². The van der Waals surface area contributed by atoms with Crippen molar-refractivity contribution in [3.05, 3.63) is 108 Å². The zero-order valence-electron chi connectivity index (χ0n) is 18.9. The number of aromatic nitrogens is 2.